The first-order valence-corrected chi connectivity index (χ1v) is 17.0. The van der Waals surface area contributed by atoms with Crippen molar-refractivity contribution in [3.63, 3.8) is 0 Å². The highest BCUT2D eigenvalue weighted by molar-refractivity contribution is 5.53. The Morgan fingerprint density at radius 3 is 1.37 bits per heavy atom. The van der Waals surface area contributed by atoms with Crippen LogP contribution >= 0.6 is 0 Å². The molecule has 0 aliphatic rings. The van der Waals surface area contributed by atoms with E-state index < -0.39 is 0 Å². The van der Waals surface area contributed by atoms with Crippen molar-refractivity contribution in [3.05, 3.63) is 182 Å². The van der Waals surface area contributed by atoms with E-state index in [9.17, 15) is 30.6 Å². The third-order valence-corrected chi connectivity index (χ3v) is 9.09. The summed E-state index contributed by atoms with van der Waals surface area (Å²) in [6.45, 7) is 11.9. The lowest BCUT2D eigenvalue weighted by molar-refractivity contribution is 0.417. The maximum Gasteiger partial charge on any atom is 0.122 e. The van der Waals surface area contributed by atoms with Crippen LogP contribution in [0.4, 0.5) is 0 Å². The average Bonchev–Trinajstić information content (AvgIpc) is 3.06. The van der Waals surface area contributed by atoms with Gasteiger partial charge < -0.3 is 30.6 Å². The fraction of sp³-hybridized carbons (Fsp3) is 0.200. The normalized spacial score (nSPS) is 11.9. The SMILES string of the molecule is C=C(/C=C(Cc1ccc(C)cc1O)\C(O)=C\Cc1ccc(C)cc1O)Cc1cc(Cc2ccc(C)cc2O)c(O)c(Cc2ccc(C)cc2O)c1. The van der Waals surface area contributed by atoms with Gasteiger partial charge in [-0.25, -0.2) is 0 Å². The molecular weight excluding hydrogens is 636 g/mol. The summed E-state index contributed by atoms with van der Waals surface area (Å²) < 4.78 is 0. The van der Waals surface area contributed by atoms with E-state index in [-0.39, 0.29) is 53.8 Å². The molecule has 0 saturated carbocycles. The van der Waals surface area contributed by atoms with Gasteiger partial charge in [-0.3, -0.25) is 0 Å². The zero-order chi connectivity index (χ0) is 36.8. The van der Waals surface area contributed by atoms with Crippen molar-refractivity contribution >= 4 is 0 Å². The average molecular weight is 683 g/mol. The second-order valence-corrected chi connectivity index (χ2v) is 13.6. The van der Waals surface area contributed by atoms with Crippen LogP contribution in [0.25, 0.3) is 0 Å². The molecule has 262 valence electrons. The fourth-order valence-corrected chi connectivity index (χ4v) is 6.25. The van der Waals surface area contributed by atoms with Gasteiger partial charge in [0.05, 0.1) is 0 Å². The second-order valence-electron chi connectivity index (χ2n) is 13.6. The number of aliphatic hydroxyl groups excluding tert-OH is 1. The van der Waals surface area contributed by atoms with Crippen molar-refractivity contribution in [1.82, 2.24) is 0 Å². The third kappa shape index (κ3) is 9.43. The number of rotatable bonds is 12. The third-order valence-electron chi connectivity index (χ3n) is 9.09. The van der Waals surface area contributed by atoms with Gasteiger partial charge in [0, 0.05) is 19.3 Å². The van der Waals surface area contributed by atoms with Crippen LogP contribution in [-0.4, -0.2) is 30.6 Å². The number of benzene rings is 5. The summed E-state index contributed by atoms with van der Waals surface area (Å²) >= 11 is 0. The summed E-state index contributed by atoms with van der Waals surface area (Å²) in [5, 5.41) is 65.4. The van der Waals surface area contributed by atoms with Gasteiger partial charge in [-0.05, 0) is 138 Å². The molecule has 0 spiro atoms. The van der Waals surface area contributed by atoms with Gasteiger partial charge in [-0.2, -0.15) is 0 Å². The van der Waals surface area contributed by atoms with Gasteiger partial charge in [-0.1, -0.05) is 78.9 Å². The van der Waals surface area contributed by atoms with Crippen LogP contribution in [0.1, 0.15) is 61.2 Å². The molecule has 6 nitrogen and oxygen atoms in total. The first kappa shape index (κ1) is 36.4. The highest BCUT2D eigenvalue weighted by Crippen LogP contribution is 2.34. The molecule has 0 heterocycles. The Kier molecular flexibility index (Phi) is 11.3. The topological polar surface area (TPSA) is 121 Å². The standard InChI is InChI=1S/C45H46O6/c1-27-6-10-33(41(47)18-27)14-15-40(46)37(24-34-11-7-28(2)19-42(34)48)17-31(5)16-32-22-38(25-35-12-8-29(3)20-43(35)49)45(51)39(23-32)26-36-13-9-30(4)21-44(36)50/h6-13,15,17-23,46-51H,5,14,16,24-26H2,1-4H3/b37-17-,40-15-. The number of phenolic OH excluding ortho intramolecular Hbond substituents is 5. The lowest BCUT2D eigenvalue weighted by Gasteiger charge is -2.16. The highest BCUT2D eigenvalue weighted by atomic mass is 16.3. The molecule has 0 aliphatic carbocycles. The number of phenols is 5. The maximum absolute atomic E-state index is 11.5. The molecule has 0 bridgehead atoms. The molecule has 0 saturated heterocycles. The summed E-state index contributed by atoms with van der Waals surface area (Å²) in [6.07, 6.45) is 4.93. The van der Waals surface area contributed by atoms with Crippen LogP contribution in [0.3, 0.4) is 0 Å². The molecule has 5 aromatic carbocycles. The van der Waals surface area contributed by atoms with Gasteiger partial charge in [0.25, 0.3) is 0 Å². The molecule has 0 aliphatic heterocycles. The van der Waals surface area contributed by atoms with Crippen LogP contribution in [0.2, 0.25) is 0 Å². The summed E-state index contributed by atoms with van der Waals surface area (Å²) in [5.74, 6) is 0.678. The van der Waals surface area contributed by atoms with Crippen LogP contribution in [0.15, 0.2) is 121 Å². The number of aliphatic hydroxyl groups is 1. The smallest absolute Gasteiger partial charge is 0.122 e. The molecule has 0 amide bonds. The van der Waals surface area contributed by atoms with Gasteiger partial charge in [0.1, 0.15) is 34.5 Å². The van der Waals surface area contributed by atoms with Crippen molar-refractivity contribution in [2.75, 3.05) is 0 Å². The van der Waals surface area contributed by atoms with Gasteiger partial charge in [-0.15, -0.1) is 0 Å². The van der Waals surface area contributed by atoms with Crippen LogP contribution in [-0.2, 0) is 32.1 Å². The van der Waals surface area contributed by atoms with Crippen molar-refractivity contribution in [2.24, 2.45) is 0 Å². The number of aromatic hydroxyl groups is 5. The molecule has 51 heavy (non-hydrogen) atoms. The lowest BCUT2D eigenvalue weighted by atomic mass is 9.91. The number of hydrogen-bond donors (Lipinski definition) is 6. The Bertz CT molecular complexity index is 2080. The van der Waals surface area contributed by atoms with E-state index in [2.05, 4.69) is 6.58 Å². The minimum Gasteiger partial charge on any atom is -0.508 e. The monoisotopic (exact) mass is 682 g/mol. The summed E-state index contributed by atoms with van der Waals surface area (Å²) in [5.41, 5.74) is 9.67. The largest absolute Gasteiger partial charge is 0.508 e. The number of allylic oxidation sites excluding steroid dienone is 4. The Morgan fingerprint density at radius 1 is 0.529 bits per heavy atom. The lowest BCUT2D eigenvalue weighted by Crippen LogP contribution is -2.01. The number of aryl methyl sites for hydroxylation is 4. The molecular formula is C45H46O6. The quantitative estimate of drug-likeness (QED) is 0.0576. The fourth-order valence-electron chi connectivity index (χ4n) is 6.25. The molecule has 5 aromatic rings. The van der Waals surface area contributed by atoms with Crippen molar-refractivity contribution in [1.29, 1.82) is 0 Å². The second kappa shape index (κ2) is 15.8. The predicted molar refractivity (Wildman–Crippen MR) is 204 cm³/mol. The zero-order valence-corrected chi connectivity index (χ0v) is 29.7. The van der Waals surface area contributed by atoms with Gasteiger partial charge in [0.15, 0.2) is 0 Å². The van der Waals surface area contributed by atoms with E-state index in [1.165, 1.54) is 0 Å². The van der Waals surface area contributed by atoms with E-state index in [1.54, 1.807) is 30.3 Å². The van der Waals surface area contributed by atoms with E-state index >= 15 is 0 Å². The van der Waals surface area contributed by atoms with E-state index in [4.69, 9.17) is 0 Å². The minimum absolute atomic E-state index is 0.00729. The molecule has 0 radical (unpaired) electrons. The molecule has 6 heteroatoms. The van der Waals surface area contributed by atoms with Crippen molar-refractivity contribution in [3.8, 4) is 28.7 Å². The Morgan fingerprint density at radius 2 is 0.941 bits per heavy atom. The summed E-state index contributed by atoms with van der Waals surface area (Å²) in [6, 6.07) is 25.6. The highest BCUT2D eigenvalue weighted by Gasteiger charge is 2.16. The summed E-state index contributed by atoms with van der Waals surface area (Å²) in [4.78, 5) is 0. The van der Waals surface area contributed by atoms with Crippen molar-refractivity contribution in [2.45, 2.75) is 59.8 Å². The maximum atomic E-state index is 11.5. The molecule has 0 unspecified atom stereocenters. The molecule has 0 atom stereocenters. The Hall–Kier alpha value is -5.88. The van der Waals surface area contributed by atoms with E-state index in [0.717, 1.165) is 27.8 Å². The molecule has 0 fully saturated rings. The first-order valence-electron chi connectivity index (χ1n) is 17.0. The van der Waals surface area contributed by atoms with Crippen molar-refractivity contribution < 1.29 is 30.6 Å². The Balaban J connectivity index is 1.51. The number of hydrogen-bond acceptors (Lipinski definition) is 6. The van der Waals surface area contributed by atoms with Crippen LogP contribution in [0.5, 0.6) is 28.7 Å². The molecule has 0 aromatic heterocycles. The van der Waals surface area contributed by atoms with E-state index in [1.807, 2.05) is 94.4 Å². The molecule has 5 rings (SSSR count). The van der Waals surface area contributed by atoms with Gasteiger partial charge >= 0.3 is 0 Å². The molecule has 6 N–H and O–H groups in total. The Labute approximate surface area is 300 Å². The van der Waals surface area contributed by atoms with Crippen LogP contribution < -0.4 is 0 Å². The predicted octanol–water partition coefficient (Wildman–Crippen LogP) is 9.58. The first-order chi connectivity index (χ1) is 24.2. The van der Waals surface area contributed by atoms with Gasteiger partial charge in [0.2, 0.25) is 0 Å². The van der Waals surface area contributed by atoms with Crippen LogP contribution in [0, 0.1) is 27.7 Å². The van der Waals surface area contributed by atoms with E-state index in [0.29, 0.717) is 57.4 Å². The summed E-state index contributed by atoms with van der Waals surface area (Å²) in [7, 11) is 0. The zero-order valence-electron chi connectivity index (χ0n) is 29.7. The minimum atomic E-state index is 0.00729.